The third-order valence-electron chi connectivity index (χ3n) is 5.79. The molecular weight excluding hydrogens is 498 g/mol. The molecule has 11 nitrogen and oxygen atoms in total. The van der Waals surface area contributed by atoms with Crippen molar-refractivity contribution in [1.29, 1.82) is 0 Å². The van der Waals surface area contributed by atoms with Crippen LogP contribution in [0.15, 0.2) is 65.1 Å². The molecule has 0 aliphatic carbocycles. The molecule has 188 valence electrons. The van der Waals surface area contributed by atoms with Gasteiger partial charge in [0, 0.05) is 30.4 Å². The summed E-state index contributed by atoms with van der Waals surface area (Å²) in [4.78, 5) is 30.2. The number of amides is 1. The second-order valence-corrected chi connectivity index (χ2v) is 8.60. The molecule has 2 heterocycles. The van der Waals surface area contributed by atoms with E-state index in [9.17, 15) is 20.0 Å². The number of carbonyl (C=O) groups is 1. The number of rotatable bonds is 5. The summed E-state index contributed by atoms with van der Waals surface area (Å²) >= 11 is 5.27. The minimum absolute atomic E-state index is 0.0286. The van der Waals surface area contributed by atoms with E-state index in [-0.39, 0.29) is 28.0 Å². The van der Waals surface area contributed by atoms with Gasteiger partial charge in [0.25, 0.3) is 11.6 Å². The zero-order valence-electron chi connectivity index (χ0n) is 19.3. The average molecular weight is 520 g/mol. The van der Waals surface area contributed by atoms with Crippen molar-refractivity contribution in [2.24, 2.45) is 0 Å². The molecule has 1 aliphatic rings. The molecule has 1 aromatic heterocycles. The lowest BCUT2D eigenvalue weighted by Crippen LogP contribution is -2.37. The Morgan fingerprint density at radius 3 is 2.65 bits per heavy atom. The van der Waals surface area contributed by atoms with Gasteiger partial charge in [0.05, 0.1) is 23.7 Å². The van der Waals surface area contributed by atoms with Crippen LogP contribution in [0.5, 0.6) is 5.75 Å². The lowest BCUT2D eigenvalue weighted by Gasteiger charge is -2.28. The van der Waals surface area contributed by atoms with Crippen molar-refractivity contribution >= 4 is 51.4 Å². The number of hydrogen-bond acceptors (Lipinski definition) is 9. The molecule has 1 amide bonds. The van der Waals surface area contributed by atoms with Crippen molar-refractivity contribution in [3.05, 3.63) is 76.3 Å². The number of anilines is 2. The van der Waals surface area contributed by atoms with E-state index in [1.165, 1.54) is 18.2 Å². The van der Waals surface area contributed by atoms with Gasteiger partial charge in [-0.2, -0.15) is 0 Å². The molecule has 5 rings (SSSR count). The van der Waals surface area contributed by atoms with Crippen LogP contribution in [0.4, 0.5) is 17.1 Å². The highest BCUT2D eigenvalue weighted by atomic mass is 32.1. The minimum atomic E-state index is -0.605. The maximum Gasteiger partial charge on any atom is 0.293 e. The monoisotopic (exact) mass is 519 g/mol. The molecule has 0 spiro atoms. The molecule has 1 saturated heterocycles. The van der Waals surface area contributed by atoms with Crippen molar-refractivity contribution in [1.82, 2.24) is 10.3 Å². The van der Waals surface area contributed by atoms with Crippen LogP contribution >= 0.6 is 12.2 Å². The third-order valence-corrected chi connectivity index (χ3v) is 6.00. The number of hydrogen-bond donors (Lipinski definition) is 3. The number of morpholine rings is 1. The largest absolute Gasteiger partial charge is 0.507 e. The number of nitrogens with zero attached hydrogens (tertiary/aromatic N) is 3. The summed E-state index contributed by atoms with van der Waals surface area (Å²) in [6, 6.07) is 16.1. The molecular formula is C25H21N5O6S. The van der Waals surface area contributed by atoms with Gasteiger partial charge in [-0.05, 0) is 54.7 Å². The van der Waals surface area contributed by atoms with E-state index in [0.29, 0.717) is 54.3 Å². The van der Waals surface area contributed by atoms with E-state index in [1.54, 1.807) is 30.3 Å². The summed E-state index contributed by atoms with van der Waals surface area (Å²) in [5.74, 6) is -0.420. The molecule has 0 atom stereocenters. The average Bonchev–Trinajstić information content (AvgIpc) is 3.34. The second kappa shape index (κ2) is 10.2. The lowest BCUT2D eigenvalue weighted by atomic mass is 10.1. The van der Waals surface area contributed by atoms with Crippen LogP contribution in [0.3, 0.4) is 0 Å². The van der Waals surface area contributed by atoms with Crippen LogP contribution in [0, 0.1) is 10.1 Å². The molecule has 0 bridgehead atoms. The van der Waals surface area contributed by atoms with Crippen molar-refractivity contribution in [3.8, 4) is 17.2 Å². The van der Waals surface area contributed by atoms with Gasteiger partial charge in [0.1, 0.15) is 17.0 Å². The van der Waals surface area contributed by atoms with Crippen LogP contribution in [-0.2, 0) is 4.74 Å². The molecule has 37 heavy (non-hydrogen) atoms. The standard InChI is InChI=1S/C25H21N5O6S/c31-21-8-6-16(14-17(21)24-27-18-3-1-2-4-22(18)36-24)26-25(37)28-23(32)15-5-7-19(20(13-15)30(33)34)29-9-11-35-12-10-29/h1-8,13-14,31H,9-12H2,(H2,26,28,32,37). The molecule has 3 aromatic carbocycles. The van der Waals surface area contributed by atoms with Crippen LogP contribution in [0.1, 0.15) is 10.4 Å². The predicted molar refractivity (Wildman–Crippen MR) is 141 cm³/mol. The number of aromatic hydroxyl groups is 1. The number of oxazole rings is 1. The van der Waals surface area contributed by atoms with Gasteiger partial charge in [-0.3, -0.25) is 20.2 Å². The van der Waals surface area contributed by atoms with Gasteiger partial charge in [-0.1, -0.05) is 12.1 Å². The molecule has 12 heteroatoms. The number of thiocarbonyl (C=S) groups is 1. The van der Waals surface area contributed by atoms with Crippen LogP contribution in [0.25, 0.3) is 22.6 Å². The highest BCUT2D eigenvalue weighted by Crippen LogP contribution is 2.33. The zero-order chi connectivity index (χ0) is 25.9. The van der Waals surface area contributed by atoms with Gasteiger partial charge in [-0.15, -0.1) is 0 Å². The first kappa shape index (κ1) is 24.2. The number of nitro groups is 1. The number of nitrogens with one attached hydrogen (secondary N) is 2. The Labute approximate surface area is 215 Å². The van der Waals surface area contributed by atoms with Crippen LogP contribution < -0.4 is 15.5 Å². The van der Waals surface area contributed by atoms with Crippen molar-refractivity contribution in [3.63, 3.8) is 0 Å². The Bertz CT molecular complexity index is 1480. The molecule has 1 aliphatic heterocycles. The summed E-state index contributed by atoms with van der Waals surface area (Å²) in [7, 11) is 0. The smallest absolute Gasteiger partial charge is 0.293 e. The molecule has 0 radical (unpaired) electrons. The maximum atomic E-state index is 12.8. The first-order valence-corrected chi connectivity index (χ1v) is 11.7. The van der Waals surface area contributed by atoms with Gasteiger partial charge in [0.15, 0.2) is 10.7 Å². The van der Waals surface area contributed by atoms with Crippen molar-refractivity contribution in [2.75, 3.05) is 36.5 Å². The summed E-state index contributed by atoms with van der Waals surface area (Å²) < 4.78 is 11.0. The normalized spacial score (nSPS) is 13.4. The fraction of sp³-hybridized carbons (Fsp3) is 0.160. The van der Waals surface area contributed by atoms with E-state index in [1.807, 2.05) is 17.0 Å². The molecule has 0 saturated carbocycles. The number of fused-ring (bicyclic) bond motifs is 1. The third kappa shape index (κ3) is 5.20. The Kier molecular flexibility index (Phi) is 6.66. The zero-order valence-corrected chi connectivity index (χ0v) is 20.2. The Morgan fingerprint density at radius 2 is 1.89 bits per heavy atom. The van der Waals surface area contributed by atoms with Crippen LogP contribution in [-0.4, -0.2) is 52.3 Å². The van der Waals surface area contributed by atoms with E-state index in [0.717, 1.165) is 0 Å². The highest BCUT2D eigenvalue weighted by molar-refractivity contribution is 7.80. The Balaban J connectivity index is 1.30. The van der Waals surface area contributed by atoms with E-state index in [2.05, 4.69) is 15.6 Å². The number of benzene rings is 3. The van der Waals surface area contributed by atoms with E-state index >= 15 is 0 Å². The highest BCUT2D eigenvalue weighted by Gasteiger charge is 2.23. The fourth-order valence-corrected chi connectivity index (χ4v) is 4.20. The van der Waals surface area contributed by atoms with E-state index < -0.39 is 10.8 Å². The van der Waals surface area contributed by atoms with Crippen molar-refractivity contribution in [2.45, 2.75) is 0 Å². The predicted octanol–water partition coefficient (Wildman–Crippen LogP) is 4.07. The number of nitro benzene ring substituents is 1. The Hall–Kier alpha value is -4.55. The maximum absolute atomic E-state index is 12.8. The number of aromatic nitrogens is 1. The number of ether oxygens (including phenoxy) is 1. The topological polar surface area (TPSA) is 143 Å². The Morgan fingerprint density at radius 1 is 1.11 bits per heavy atom. The van der Waals surface area contributed by atoms with Gasteiger partial charge < -0.3 is 24.5 Å². The second-order valence-electron chi connectivity index (χ2n) is 8.19. The van der Waals surface area contributed by atoms with Gasteiger partial charge in [-0.25, -0.2) is 4.98 Å². The fourth-order valence-electron chi connectivity index (χ4n) is 3.99. The molecule has 4 aromatic rings. The van der Waals surface area contributed by atoms with Gasteiger partial charge in [0.2, 0.25) is 5.89 Å². The number of para-hydroxylation sites is 2. The SMILES string of the molecule is O=C(NC(=S)Nc1ccc(O)c(-c2nc3ccccc3o2)c1)c1ccc(N2CCOCC2)c([N+](=O)[O-])c1. The minimum Gasteiger partial charge on any atom is -0.507 e. The molecule has 1 fully saturated rings. The number of phenolic OH excluding ortho intramolecular Hbond substituents is 1. The number of phenols is 1. The molecule has 0 unspecified atom stereocenters. The van der Waals surface area contributed by atoms with Gasteiger partial charge >= 0.3 is 0 Å². The summed E-state index contributed by atoms with van der Waals surface area (Å²) in [6.45, 7) is 2.01. The van der Waals surface area contributed by atoms with Crippen LogP contribution in [0.2, 0.25) is 0 Å². The number of carbonyl (C=O) groups excluding carboxylic acids is 1. The first-order chi connectivity index (χ1) is 17.9. The summed E-state index contributed by atoms with van der Waals surface area (Å²) in [5, 5.41) is 27.4. The lowest BCUT2D eigenvalue weighted by molar-refractivity contribution is -0.384. The quantitative estimate of drug-likeness (QED) is 0.153. The van der Waals surface area contributed by atoms with Crippen molar-refractivity contribution < 1.29 is 24.0 Å². The first-order valence-electron chi connectivity index (χ1n) is 11.3. The van der Waals surface area contributed by atoms with E-state index in [4.69, 9.17) is 21.4 Å². The summed E-state index contributed by atoms with van der Waals surface area (Å²) in [5.41, 5.74) is 2.37. The summed E-state index contributed by atoms with van der Waals surface area (Å²) in [6.07, 6.45) is 0. The molecule has 3 N–H and O–H groups in total.